The number of methoxy groups -OCH3 is 1. The molecule has 1 unspecified atom stereocenters. The molecule has 168 valence electrons. The molecule has 5 rings (SSSR count). The molecule has 2 N–H and O–H groups in total. The summed E-state index contributed by atoms with van der Waals surface area (Å²) in [4.78, 5) is 2.57. The van der Waals surface area contributed by atoms with E-state index in [1.807, 2.05) is 0 Å². The Bertz CT molecular complexity index is 991. The molecule has 1 atom stereocenters. The van der Waals surface area contributed by atoms with Crippen LogP contribution in [0.3, 0.4) is 0 Å². The Labute approximate surface area is 196 Å². The minimum absolute atomic E-state index is 0.149. The molecule has 2 aromatic rings. The number of nitrogens with one attached hydrogen (secondary N) is 2. The minimum atomic E-state index is 0.149. The average Bonchev–Trinajstić information content (AvgIpc) is 3.67. The van der Waals surface area contributed by atoms with E-state index < -0.39 is 0 Å². The van der Waals surface area contributed by atoms with E-state index in [1.165, 1.54) is 48.1 Å². The van der Waals surface area contributed by atoms with Gasteiger partial charge in [0.1, 0.15) is 5.75 Å². The standard InChI is InChI=1S/C27H32ClN3O/c1-32-26-17-21(16-24(27(26)28)20-7-8-20)25-15-19(9-12-29-25)18-31-13-10-23(11-14-31)30-22-5-3-2-4-6-22/h2-6,9,12,15-17,20,23,25,29-30H,7-8,10-11,13-14,18H2,1H3. The molecule has 5 heteroatoms. The maximum absolute atomic E-state index is 6.59. The molecular formula is C27H32ClN3O. The molecule has 2 aliphatic heterocycles. The van der Waals surface area contributed by atoms with Crippen molar-refractivity contribution in [3.63, 3.8) is 0 Å². The monoisotopic (exact) mass is 449 g/mol. The average molecular weight is 450 g/mol. The number of hydrogen-bond donors (Lipinski definition) is 2. The van der Waals surface area contributed by atoms with Gasteiger partial charge in [0.05, 0.1) is 18.2 Å². The number of rotatable bonds is 7. The van der Waals surface area contributed by atoms with E-state index in [0.29, 0.717) is 12.0 Å². The van der Waals surface area contributed by atoms with Crippen LogP contribution < -0.4 is 15.4 Å². The Morgan fingerprint density at radius 1 is 1.09 bits per heavy atom. The highest BCUT2D eigenvalue weighted by atomic mass is 35.5. The predicted molar refractivity (Wildman–Crippen MR) is 133 cm³/mol. The van der Waals surface area contributed by atoms with Gasteiger partial charge in [-0.15, -0.1) is 0 Å². The van der Waals surface area contributed by atoms with Crippen molar-refractivity contribution >= 4 is 17.3 Å². The van der Waals surface area contributed by atoms with Crippen LogP contribution in [0.1, 0.15) is 48.8 Å². The lowest BCUT2D eigenvalue weighted by atomic mass is 9.97. The van der Waals surface area contributed by atoms with Gasteiger partial charge in [-0.05, 0) is 78.8 Å². The van der Waals surface area contributed by atoms with E-state index in [4.69, 9.17) is 16.3 Å². The highest BCUT2D eigenvalue weighted by Crippen LogP contribution is 2.47. The quantitative estimate of drug-likeness (QED) is 0.552. The largest absolute Gasteiger partial charge is 0.495 e. The Morgan fingerprint density at radius 3 is 2.59 bits per heavy atom. The maximum atomic E-state index is 6.59. The topological polar surface area (TPSA) is 36.5 Å². The number of dihydropyridines is 1. The summed E-state index contributed by atoms with van der Waals surface area (Å²) in [6.45, 7) is 3.23. The van der Waals surface area contributed by atoms with E-state index >= 15 is 0 Å². The summed E-state index contributed by atoms with van der Waals surface area (Å²) in [6.07, 6.45) is 11.4. The fraction of sp³-hybridized carbons (Fsp3) is 0.407. The molecule has 2 heterocycles. The molecule has 4 nitrogen and oxygen atoms in total. The zero-order valence-corrected chi connectivity index (χ0v) is 19.4. The van der Waals surface area contributed by atoms with Gasteiger partial charge in [0, 0.05) is 31.4 Å². The number of piperidine rings is 1. The lowest BCUT2D eigenvalue weighted by Crippen LogP contribution is -2.40. The second-order valence-electron chi connectivity index (χ2n) is 9.18. The van der Waals surface area contributed by atoms with Crippen molar-refractivity contribution in [2.45, 2.75) is 43.7 Å². The molecule has 32 heavy (non-hydrogen) atoms. The fourth-order valence-electron chi connectivity index (χ4n) is 4.80. The number of hydrogen-bond acceptors (Lipinski definition) is 4. The molecule has 3 aliphatic rings. The summed E-state index contributed by atoms with van der Waals surface area (Å²) in [5, 5.41) is 7.97. The Morgan fingerprint density at radius 2 is 1.88 bits per heavy atom. The van der Waals surface area contributed by atoms with Crippen LogP contribution in [0.5, 0.6) is 5.75 Å². The van der Waals surface area contributed by atoms with Crippen molar-refractivity contribution in [3.8, 4) is 5.75 Å². The van der Waals surface area contributed by atoms with Crippen LogP contribution in [0, 0.1) is 0 Å². The highest BCUT2D eigenvalue weighted by Gasteiger charge is 2.29. The Balaban J connectivity index is 1.22. The van der Waals surface area contributed by atoms with E-state index in [9.17, 15) is 0 Å². The predicted octanol–water partition coefficient (Wildman–Crippen LogP) is 5.89. The van der Waals surface area contributed by atoms with Crippen molar-refractivity contribution in [1.82, 2.24) is 10.2 Å². The smallest absolute Gasteiger partial charge is 0.138 e. The van der Waals surface area contributed by atoms with Gasteiger partial charge >= 0.3 is 0 Å². The van der Waals surface area contributed by atoms with Crippen LogP contribution >= 0.6 is 11.6 Å². The number of anilines is 1. The third-order valence-corrected chi connectivity index (χ3v) is 7.18. The molecule has 0 bridgehead atoms. The van der Waals surface area contributed by atoms with Gasteiger partial charge in [-0.25, -0.2) is 0 Å². The van der Waals surface area contributed by atoms with Gasteiger partial charge in [0.15, 0.2) is 0 Å². The molecule has 0 radical (unpaired) electrons. The molecule has 0 spiro atoms. The van der Waals surface area contributed by atoms with Crippen LogP contribution in [0.2, 0.25) is 5.02 Å². The Kier molecular flexibility index (Phi) is 6.42. The van der Waals surface area contributed by atoms with Crippen LogP contribution in [0.15, 0.2) is 66.4 Å². The van der Waals surface area contributed by atoms with Gasteiger partial charge in [0.2, 0.25) is 0 Å². The zero-order chi connectivity index (χ0) is 21.9. The number of benzene rings is 2. The molecule has 0 amide bonds. The van der Waals surface area contributed by atoms with Crippen molar-refractivity contribution in [2.75, 3.05) is 32.1 Å². The number of halogens is 1. The minimum Gasteiger partial charge on any atom is -0.495 e. The van der Waals surface area contributed by atoms with Crippen LogP contribution in [-0.2, 0) is 0 Å². The maximum Gasteiger partial charge on any atom is 0.138 e. The summed E-state index contributed by atoms with van der Waals surface area (Å²) in [6, 6.07) is 15.6. The summed E-state index contributed by atoms with van der Waals surface area (Å²) in [5.74, 6) is 1.37. The van der Waals surface area contributed by atoms with Crippen molar-refractivity contribution in [3.05, 3.63) is 82.5 Å². The molecule has 0 aromatic heterocycles. The first kappa shape index (κ1) is 21.4. The fourth-order valence-corrected chi connectivity index (χ4v) is 5.14. The van der Waals surface area contributed by atoms with Crippen LogP contribution in [0.25, 0.3) is 0 Å². The van der Waals surface area contributed by atoms with Gasteiger partial charge in [-0.2, -0.15) is 0 Å². The van der Waals surface area contributed by atoms with Crippen molar-refractivity contribution in [2.24, 2.45) is 0 Å². The number of para-hydroxylation sites is 1. The summed E-state index contributed by atoms with van der Waals surface area (Å²) in [7, 11) is 1.70. The lowest BCUT2D eigenvalue weighted by molar-refractivity contribution is 0.236. The molecular weight excluding hydrogens is 418 g/mol. The zero-order valence-electron chi connectivity index (χ0n) is 18.7. The molecule has 1 saturated heterocycles. The second-order valence-corrected chi connectivity index (χ2v) is 9.56. The third kappa shape index (κ3) is 4.97. The normalized spacial score (nSPS) is 21.7. The first-order chi connectivity index (χ1) is 15.7. The lowest BCUT2D eigenvalue weighted by Gasteiger charge is -2.33. The first-order valence-electron chi connectivity index (χ1n) is 11.7. The molecule has 2 fully saturated rings. The molecule has 1 saturated carbocycles. The number of likely N-dealkylation sites (tertiary alicyclic amines) is 1. The Hall–Kier alpha value is -2.43. The SMILES string of the molecule is COc1cc(C2C=C(CN3CCC(Nc4ccccc4)CC3)C=CN2)cc(C2CC2)c1Cl. The van der Waals surface area contributed by atoms with E-state index in [-0.39, 0.29) is 6.04 Å². The third-order valence-electron chi connectivity index (χ3n) is 6.78. The summed E-state index contributed by atoms with van der Waals surface area (Å²) >= 11 is 6.59. The summed E-state index contributed by atoms with van der Waals surface area (Å²) < 4.78 is 5.58. The van der Waals surface area contributed by atoms with Gasteiger partial charge in [0.25, 0.3) is 0 Å². The van der Waals surface area contributed by atoms with E-state index in [2.05, 4.69) is 76.4 Å². The van der Waals surface area contributed by atoms with E-state index in [0.717, 1.165) is 30.4 Å². The van der Waals surface area contributed by atoms with Gasteiger partial charge in [-0.1, -0.05) is 41.9 Å². The number of nitrogens with zero attached hydrogens (tertiary/aromatic N) is 1. The van der Waals surface area contributed by atoms with Gasteiger partial charge < -0.3 is 15.4 Å². The van der Waals surface area contributed by atoms with Crippen molar-refractivity contribution < 1.29 is 4.74 Å². The van der Waals surface area contributed by atoms with Gasteiger partial charge in [-0.3, -0.25) is 4.90 Å². The highest BCUT2D eigenvalue weighted by molar-refractivity contribution is 6.33. The van der Waals surface area contributed by atoms with Crippen LogP contribution in [0.4, 0.5) is 5.69 Å². The van der Waals surface area contributed by atoms with E-state index in [1.54, 1.807) is 7.11 Å². The number of ether oxygens (including phenoxy) is 1. The second kappa shape index (κ2) is 9.60. The summed E-state index contributed by atoms with van der Waals surface area (Å²) in [5.41, 5.74) is 5.05. The first-order valence-corrected chi connectivity index (χ1v) is 12.1. The molecule has 1 aliphatic carbocycles. The van der Waals surface area contributed by atoms with Crippen molar-refractivity contribution in [1.29, 1.82) is 0 Å². The molecule has 2 aromatic carbocycles. The van der Waals surface area contributed by atoms with Crippen LogP contribution in [-0.4, -0.2) is 37.7 Å².